The Morgan fingerprint density at radius 2 is 1.91 bits per heavy atom. The van der Waals surface area contributed by atoms with Crippen LogP contribution in [0.25, 0.3) is 0 Å². The summed E-state index contributed by atoms with van der Waals surface area (Å²) in [4.78, 5) is 14.4. The number of piperidine rings is 1. The molecule has 22 heavy (non-hydrogen) atoms. The molecule has 120 valence electrons. The Morgan fingerprint density at radius 1 is 1.23 bits per heavy atom. The highest BCUT2D eigenvalue weighted by Crippen LogP contribution is 2.43. The third kappa shape index (κ3) is 2.84. The number of nitrogens with zero attached hydrogens (tertiary/aromatic N) is 1. The summed E-state index contributed by atoms with van der Waals surface area (Å²) >= 11 is 0. The van der Waals surface area contributed by atoms with Crippen molar-refractivity contribution in [3.05, 3.63) is 29.8 Å². The Morgan fingerprint density at radius 3 is 2.59 bits per heavy atom. The van der Waals surface area contributed by atoms with Gasteiger partial charge in [-0.2, -0.15) is 0 Å². The van der Waals surface area contributed by atoms with Crippen molar-refractivity contribution in [3.63, 3.8) is 0 Å². The molecule has 0 aliphatic carbocycles. The number of benzene rings is 1. The van der Waals surface area contributed by atoms with Crippen molar-refractivity contribution in [2.75, 3.05) is 25.0 Å². The van der Waals surface area contributed by atoms with Crippen molar-refractivity contribution < 1.29 is 9.53 Å². The van der Waals surface area contributed by atoms with Crippen LogP contribution in [0.15, 0.2) is 24.3 Å². The van der Waals surface area contributed by atoms with Crippen LogP contribution in [0.1, 0.15) is 45.1 Å². The predicted octanol–water partition coefficient (Wildman–Crippen LogP) is 3.98. The van der Waals surface area contributed by atoms with Crippen LogP contribution in [0.2, 0.25) is 0 Å². The van der Waals surface area contributed by atoms with Crippen LogP contribution in [-0.4, -0.2) is 30.6 Å². The number of amides is 1. The van der Waals surface area contributed by atoms with E-state index < -0.39 is 5.60 Å². The number of hydrogen-bond acceptors (Lipinski definition) is 3. The molecule has 0 unspecified atom stereocenters. The van der Waals surface area contributed by atoms with Gasteiger partial charge in [0.2, 0.25) is 0 Å². The first kappa shape index (κ1) is 15.3. The lowest BCUT2D eigenvalue weighted by Gasteiger charge is -2.44. The largest absolute Gasteiger partial charge is 0.438 e. The summed E-state index contributed by atoms with van der Waals surface area (Å²) in [6.07, 6.45) is 3.93. The Labute approximate surface area is 132 Å². The molecule has 2 heterocycles. The molecule has 1 N–H and O–H groups in total. The van der Waals surface area contributed by atoms with Crippen LogP contribution in [0.5, 0.6) is 0 Å². The van der Waals surface area contributed by atoms with Gasteiger partial charge in [-0.15, -0.1) is 0 Å². The lowest BCUT2D eigenvalue weighted by atomic mass is 9.82. The smallest absolute Gasteiger partial charge is 0.412 e. The van der Waals surface area contributed by atoms with Gasteiger partial charge in [0.1, 0.15) is 5.60 Å². The second-order valence-corrected chi connectivity index (χ2v) is 6.54. The zero-order chi connectivity index (χ0) is 15.6. The van der Waals surface area contributed by atoms with Gasteiger partial charge in [0.15, 0.2) is 0 Å². The monoisotopic (exact) mass is 302 g/mol. The molecule has 4 heteroatoms. The van der Waals surface area contributed by atoms with Crippen LogP contribution >= 0.6 is 0 Å². The minimum atomic E-state index is -0.427. The topological polar surface area (TPSA) is 41.6 Å². The molecular weight excluding hydrogens is 276 g/mol. The third-order valence-corrected chi connectivity index (χ3v) is 5.28. The van der Waals surface area contributed by atoms with Crippen LogP contribution in [0, 0.1) is 5.92 Å². The summed E-state index contributed by atoms with van der Waals surface area (Å²) in [6, 6.07) is 8.04. The lowest BCUT2D eigenvalue weighted by molar-refractivity contribution is -0.0402. The fourth-order valence-corrected chi connectivity index (χ4v) is 3.74. The molecule has 4 nitrogen and oxygen atoms in total. The standard InChI is InChI=1S/C18H26N2O2/c1-3-14(4-2)13-20-11-9-18(10-12-20)15-7-5-6-8-16(15)19-17(21)22-18/h5-8,14H,3-4,9-13H2,1-2H3,(H,19,21). The number of anilines is 1. The summed E-state index contributed by atoms with van der Waals surface area (Å²) in [5.41, 5.74) is 1.62. The first-order chi connectivity index (χ1) is 10.7. The highest BCUT2D eigenvalue weighted by molar-refractivity contribution is 5.88. The molecule has 0 radical (unpaired) electrons. The average molecular weight is 302 g/mol. The summed E-state index contributed by atoms with van der Waals surface area (Å²) < 4.78 is 5.77. The van der Waals surface area contributed by atoms with Crippen LogP contribution < -0.4 is 5.32 Å². The number of hydrogen-bond donors (Lipinski definition) is 1. The summed E-state index contributed by atoms with van der Waals surface area (Å²) in [7, 11) is 0. The molecule has 1 saturated heterocycles. The molecule has 1 fully saturated rings. The van der Waals surface area contributed by atoms with Gasteiger partial charge in [0, 0.05) is 38.0 Å². The molecule has 1 aromatic carbocycles. The van der Waals surface area contributed by atoms with E-state index in [0.717, 1.165) is 49.6 Å². The maximum atomic E-state index is 11.9. The summed E-state index contributed by atoms with van der Waals surface area (Å²) in [5.74, 6) is 0.775. The van der Waals surface area contributed by atoms with Gasteiger partial charge in [-0.05, 0) is 12.0 Å². The summed E-state index contributed by atoms with van der Waals surface area (Å²) in [6.45, 7) is 7.70. The van der Waals surface area contributed by atoms with Crippen molar-refractivity contribution in [2.45, 2.75) is 45.1 Å². The first-order valence-electron chi connectivity index (χ1n) is 8.48. The molecule has 3 rings (SSSR count). The average Bonchev–Trinajstić information content (AvgIpc) is 2.54. The second-order valence-electron chi connectivity index (χ2n) is 6.54. The van der Waals surface area contributed by atoms with Crippen LogP contribution in [0.3, 0.4) is 0 Å². The van der Waals surface area contributed by atoms with E-state index in [4.69, 9.17) is 4.74 Å². The second kappa shape index (κ2) is 6.29. The fraction of sp³-hybridized carbons (Fsp3) is 0.611. The SMILES string of the molecule is CCC(CC)CN1CCC2(CC1)OC(=O)Nc1ccccc12. The predicted molar refractivity (Wildman–Crippen MR) is 88.0 cm³/mol. The lowest BCUT2D eigenvalue weighted by Crippen LogP contribution is -2.49. The number of carbonyl (C=O) groups excluding carboxylic acids is 1. The maximum Gasteiger partial charge on any atom is 0.412 e. The van der Waals surface area contributed by atoms with Crippen LogP contribution in [-0.2, 0) is 10.3 Å². The highest BCUT2D eigenvalue weighted by Gasteiger charge is 2.44. The van der Waals surface area contributed by atoms with E-state index in [1.165, 1.54) is 12.8 Å². The van der Waals surface area contributed by atoms with E-state index in [0.29, 0.717) is 0 Å². The number of fused-ring (bicyclic) bond motifs is 2. The van der Waals surface area contributed by atoms with E-state index in [1.807, 2.05) is 18.2 Å². The molecule has 1 aromatic rings. The van der Waals surface area contributed by atoms with E-state index >= 15 is 0 Å². The van der Waals surface area contributed by atoms with Gasteiger partial charge in [-0.1, -0.05) is 44.9 Å². The molecule has 2 aliphatic rings. The molecule has 0 bridgehead atoms. The highest BCUT2D eigenvalue weighted by atomic mass is 16.6. The molecule has 1 amide bonds. The van der Waals surface area contributed by atoms with Crippen molar-refractivity contribution in [1.29, 1.82) is 0 Å². The number of para-hydroxylation sites is 1. The zero-order valence-corrected chi connectivity index (χ0v) is 13.6. The molecule has 0 aromatic heterocycles. The van der Waals surface area contributed by atoms with E-state index in [2.05, 4.69) is 30.1 Å². The van der Waals surface area contributed by atoms with Gasteiger partial charge in [-0.3, -0.25) is 5.32 Å². The number of rotatable bonds is 4. The van der Waals surface area contributed by atoms with Crippen molar-refractivity contribution in [1.82, 2.24) is 4.90 Å². The maximum absolute atomic E-state index is 11.9. The van der Waals surface area contributed by atoms with Gasteiger partial charge in [-0.25, -0.2) is 4.79 Å². The van der Waals surface area contributed by atoms with E-state index in [9.17, 15) is 4.79 Å². The number of carbonyl (C=O) groups is 1. The van der Waals surface area contributed by atoms with E-state index in [-0.39, 0.29) is 6.09 Å². The number of likely N-dealkylation sites (tertiary alicyclic amines) is 1. The number of nitrogens with one attached hydrogen (secondary N) is 1. The van der Waals surface area contributed by atoms with Gasteiger partial charge in [0.05, 0.1) is 5.69 Å². The van der Waals surface area contributed by atoms with Crippen molar-refractivity contribution >= 4 is 11.8 Å². The Hall–Kier alpha value is -1.55. The van der Waals surface area contributed by atoms with Gasteiger partial charge in [0.25, 0.3) is 0 Å². The Bertz CT molecular complexity index is 532. The molecular formula is C18H26N2O2. The first-order valence-corrected chi connectivity index (χ1v) is 8.48. The minimum absolute atomic E-state index is 0.313. The fourth-order valence-electron chi connectivity index (χ4n) is 3.74. The van der Waals surface area contributed by atoms with Gasteiger partial charge >= 0.3 is 6.09 Å². The zero-order valence-electron chi connectivity index (χ0n) is 13.6. The van der Waals surface area contributed by atoms with Gasteiger partial charge < -0.3 is 9.64 Å². The van der Waals surface area contributed by atoms with Crippen LogP contribution in [0.4, 0.5) is 10.5 Å². The van der Waals surface area contributed by atoms with Crippen molar-refractivity contribution in [2.24, 2.45) is 5.92 Å². The minimum Gasteiger partial charge on any atom is -0.438 e. The number of ether oxygens (including phenoxy) is 1. The molecule has 1 spiro atoms. The Kier molecular flexibility index (Phi) is 4.39. The molecule has 0 atom stereocenters. The summed E-state index contributed by atoms with van der Waals surface area (Å²) in [5, 5.41) is 2.82. The molecule has 2 aliphatic heterocycles. The molecule has 0 saturated carbocycles. The van der Waals surface area contributed by atoms with E-state index in [1.54, 1.807) is 0 Å². The Balaban J connectivity index is 1.73. The quantitative estimate of drug-likeness (QED) is 0.915. The normalized spacial score (nSPS) is 20.6. The van der Waals surface area contributed by atoms with Crippen molar-refractivity contribution in [3.8, 4) is 0 Å². The third-order valence-electron chi connectivity index (χ3n) is 5.28.